The molecule has 0 radical (unpaired) electrons. The van der Waals surface area contributed by atoms with Gasteiger partial charge in [0.25, 0.3) is 0 Å². The Morgan fingerprint density at radius 2 is 1.95 bits per heavy atom. The van der Waals surface area contributed by atoms with Gasteiger partial charge in [-0.25, -0.2) is 9.07 Å². The van der Waals surface area contributed by atoms with Gasteiger partial charge in [0.05, 0.1) is 34.1 Å². The number of aryl methyl sites for hydroxylation is 2. The molecule has 0 saturated carbocycles. The van der Waals surface area contributed by atoms with E-state index in [1.54, 1.807) is 18.8 Å². The molecule has 1 aromatic carbocycles. The zero-order valence-corrected chi connectivity index (χ0v) is 12.8. The lowest BCUT2D eigenvalue weighted by Gasteiger charge is -2.11. The molecule has 2 rings (SSSR count). The number of benzene rings is 1. The number of nitrogens with one attached hydrogen (secondary N) is 1. The quantitative estimate of drug-likeness (QED) is 0.932. The molecule has 0 saturated heterocycles. The molecule has 0 bridgehead atoms. The molecule has 7 heteroatoms. The molecule has 108 valence electrons. The van der Waals surface area contributed by atoms with Gasteiger partial charge < -0.3 is 10.1 Å². The van der Waals surface area contributed by atoms with Crippen LogP contribution in [0.5, 0.6) is 5.88 Å². The molecular weight excluding hydrogens is 304 g/mol. The summed E-state index contributed by atoms with van der Waals surface area (Å²) in [5.74, 6) is 0.185. The number of nitrogens with zero attached hydrogens (tertiary/aromatic N) is 2. The highest BCUT2D eigenvalue weighted by molar-refractivity contribution is 6.39. The molecule has 0 fully saturated rings. The third kappa shape index (κ3) is 2.83. The van der Waals surface area contributed by atoms with Crippen molar-refractivity contribution in [1.82, 2.24) is 9.78 Å². The summed E-state index contributed by atoms with van der Waals surface area (Å²) in [6.07, 6.45) is 0. The fourth-order valence-electron chi connectivity index (χ4n) is 2.03. The van der Waals surface area contributed by atoms with Crippen LogP contribution in [0.25, 0.3) is 0 Å². The van der Waals surface area contributed by atoms with Gasteiger partial charge in [-0.15, -0.1) is 0 Å². The number of hydrogen-bond acceptors (Lipinski definition) is 3. The van der Waals surface area contributed by atoms with E-state index in [9.17, 15) is 4.39 Å². The van der Waals surface area contributed by atoms with Crippen molar-refractivity contribution >= 4 is 28.9 Å². The second kappa shape index (κ2) is 5.89. The number of rotatable bonds is 4. The van der Waals surface area contributed by atoms with Crippen molar-refractivity contribution in [1.29, 1.82) is 0 Å². The van der Waals surface area contributed by atoms with Gasteiger partial charge in [-0.05, 0) is 19.1 Å². The molecule has 0 amide bonds. The van der Waals surface area contributed by atoms with E-state index >= 15 is 0 Å². The van der Waals surface area contributed by atoms with E-state index in [0.717, 1.165) is 11.3 Å². The van der Waals surface area contributed by atoms with Gasteiger partial charge in [0, 0.05) is 13.6 Å². The first-order valence-corrected chi connectivity index (χ1v) is 6.64. The first-order valence-electron chi connectivity index (χ1n) is 5.89. The van der Waals surface area contributed by atoms with Gasteiger partial charge in [-0.1, -0.05) is 23.2 Å². The van der Waals surface area contributed by atoms with Crippen LogP contribution >= 0.6 is 23.2 Å². The molecule has 1 heterocycles. The maximum absolute atomic E-state index is 13.1. The van der Waals surface area contributed by atoms with E-state index in [-0.39, 0.29) is 10.0 Å². The maximum atomic E-state index is 13.1. The predicted octanol–water partition coefficient (Wildman–Crippen LogP) is 3.80. The Hall–Kier alpha value is -1.46. The maximum Gasteiger partial charge on any atom is 0.216 e. The summed E-state index contributed by atoms with van der Waals surface area (Å²) >= 11 is 12.0. The molecule has 2 aromatic rings. The van der Waals surface area contributed by atoms with Crippen LogP contribution in [0.1, 0.15) is 11.3 Å². The molecule has 1 aromatic heterocycles. The highest BCUT2D eigenvalue weighted by Crippen LogP contribution is 2.32. The number of aromatic nitrogens is 2. The van der Waals surface area contributed by atoms with E-state index in [2.05, 4.69) is 10.4 Å². The standard InChI is InChI=1S/C13H14Cl2FN3O/c1-7-9(13(20-3)19(2)18-7)6-17-12-10(14)4-8(16)5-11(12)15/h4-5,17H,6H2,1-3H3. The second-order valence-corrected chi connectivity index (χ2v) is 5.11. The molecule has 20 heavy (non-hydrogen) atoms. The summed E-state index contributed by atoms with van der Waals surface area (Å²) in [5.41, 5.74) is 2.22. The van der Waals surface area contributed by atoms with Gasteiger partial charge in [-0.3, -0.25) is 0 Å². The van der Waals surface area contributed by atoms with Gasteiger partial charge in [0.1, 0.15) is 5.82 Å². The van der Waals surface area contributed by atoms with Crippen LogP contribution in [-0.2, 0) is 13.6 Å². The summed E-state index contributed by atoms with van der Waals surface area (Å²) < 4.78 is 20.1. The van der Waals surface area contributed by atoms with Crippen molar-refractivity contribution < 1.29 is 9.13 Å². The van der Waals surface area contributed by atoms with Crippen LogP contribution in [0.3, 0.4) is 0 Å². The summed E-state index contributed by atoms with van der Waals surface area (Å²) in [5, 5.41) is 7.83. The van der Waals surface area contributed by atoms with Gasteiger partial charge in [0.2, 0.25) is 5.88 Å². The smallest absolute Gasteiger partial charge is 0.216 e. The van der Waals surface area contributed by atoms with Crippen molar-refractivity contribution in [2.45, 2.75) is 13.5 Å². The Balaban J connectivity index is 2.26. The Morgan fingerprint density at radius 3 is 2.50 bits per heavy atom. The third-order valence-electron chi connectivity index (χ3n) is 2.93. The molecule has 0 aliphatic carbocycles. The summed E-state index contributed by atoms with van der Waals surface area (Å²) in [6, 6.07) is 2.42. The van der Waals surface area contributed by atoms with E-state index in [1.807, 2.05) is 6.92 Å². The van der Waals surface area contributed by atoms with Crippen LogP contribution in [0.2, 0.25) is 10.0 Å². The molecule has 0 atom stereocenters. The normalized spacial score (nSPS) is 10.7. The van der Waals surface area contributed by atoms with Crippen molar-refractivity contribution in [3.63, 3.8) is 0 Å². The number of hydrogen-bond donors (Lipinski definition) is 1. The zero-order chi connectivity index (χ0) is 14.9. The molecule has 0 aliphatic heterocycles. The van der Waals surface area contributed by atoms with Gasteiger partial charge in [0.15, 0.2) is 0 Å². The molecular formula is C13H14Cl2FN3O. The van der Waals surface area contributed by atoms with E-state index in [1.165, 1.54) is 12.1 Å². The lowest BCUT2D eigenvalue weighted by molar-refractivity contribution is 0.370. The van der Waals surface area contributed by atoms with E-state index in [4.69, 9.17) is 27.9 Å². The van der Waals surface area contributed by atoms with E-state index < -0.39 is 5.82 Å². The topological polar surface area (TPSA) is 39.1 Å². The van der Waals surface area contributed by atoms with Gasteiger partial charge >= 0.3 is 0 Å². The van der Waals surface area contributed by atoms with Crippen LogP contribution in [0, 0.1) is 12.7 Å². The average molecular weight is 318 g/mol. The lowest BCUT2D eigenvalue weighted by atomic mass is 10.2. The molecule has 0 spiro atoms. The number of anilines is 1. The van der Waals surface area contributed by atoms with Crippen LogP contribution in [-0.4, -0.2) is 16.9 Å². The Labute approximate surface area is 126 Å². The molecule has 0 aliphatic rings. The predicted molar refractivity (Wildman–Crippen MR) is 78.2 cm³/mol. The molecule has 4 nitrogen and oxygen atoms in total. The number of methoxy groups -OCH3 is 1. The number of halogens is 3. The van der Waals surface area contributed by atoms with Crippen molar-refractivity contribution in [3.05, 3.63) is 39.3 Å². The van der Waals surface area contributed by atoms with Crippen LogP contribution in [0.4, 0.5) is 10.1 Å². The summed E-state index contributed by atoms with van der Waals surface area (Å²) in [4.78, 5) is 0. The first-order chi connectivity index (χ1) is 9.43. The second-order valence-electron chi connectivity index (χ2n) is 4.29. The zero-order valence-electron chi connectivity index (χ0n) is 11.3. The third-order valence-corrected chi connectivity index (χ3v) is 3.53. The SMILES string of the molecule is COc1c(CNc2c(Cl)cc(F)cc2Cl)c(C)nn1C. The summed E-state index contributed by atoms with van der Waals surface area (Å²) in [7, 11) is 3.38. The highest BCUT2D eigenvalue weighted by atomic mass is 35.5. The minimum atomic E-state index is -0.472. The minimum absolute atomic E-state index is 0.232. The van der Waals surface area contributed by atoms with Gasteiger partial charge in [-0.2, -0.15) is 5.10 Å². The van der Waals surface area contributed by atoms with Crippen molar-refractivity contribution in [2.24, 2.45) is 7.05 Å². The molecule has 0 unspecified atom stereocenters. The fourth-order valence-corrected chi connectivity index (χ4v) is 2.62. The Kier molecular flexibility index (Phi) is 4.40. The van der Waals surface area contributed by atoms with Crippen LogP contribution in [0.15, 0.2) is 12.1 Å². The Bertz CT molecular complexity index is 620. The minimum Gasteiger partial charge on any atom is -0.481 e. The Morgan fingerprint density at radius 1 is 1.35 bits per heavy atom. The first kappa shape index (κ1) is 14.9. The number of ether oxygens (including phenoxy) is 1. The van der Waals surface area contributed by atoms with Crippen LogP contribution < -0.4 is 10.1 Å². The average Bonchev–Trinajstić information content (AvgIpc) is 2.62. The monoisotopic (exact) mass is 317 g/mol. The van der Waals surface area contributed by atoms with E-state index in [0.29, 0.717) is 18.1 Å². The van der Waals surface area contributed by atoms with Crippen molar-refractivity contribution in [2.75, 3.05) is 12.4 Å². The lowest BCUT2D eigenvalue weighted by Crippen LogP contribution is -2.04. The molecule has 1 N–H and O–H groups in total. The fraction of sp³-hybridized carbons (Fsp3) is 0.308. The highest BCUT2D eigenvalue weighted by Gasteiger charge is 2.15. The largest absolute Gasteiger partial charge is 0.481 e. The summed E-state index contributed by atoms with van der Waals surface area (Å²) in [6.45, 7) is 2.31. The van der Waals surface area contributed by atoms with Crippen molar-refractivity contribution in [3.8, 4) is 5.88 Å².